The van der Waals surface area contributed by atoms with Crippen molar-refractivity contribution in [2.75, 3.05) is 80.6 Å². The van der Waals surface area contributed by atoms with Crippen molar-refractivity contribution in [2.24, 2.45) is 13.0 Å². The van der Waals surface area contributed by atoms with Crippen LogP contribution in [0.4, 0.5) is 16.6 Å². The van der Waals surface area contributed by atoms with Crippen molar-refractivity contribution < 1.29 is 29.0 Å². The van der Waals surface area contributed by atoms with Crippen LogP contribution < -0.4 is 25.2 Å². The van der Waals surface area contributed by atoms with Gasteiger partial charge in [-0.1, -0.05) is 59.9 Å². The lowest BCUT2D eigenvalue weighted by Crippen LogP contribution is -2.49. The van der Waals surface area contributed by atoms with E-state index in [0.29, 0.717) is 67.0 Å². The number of pyridine rings is 1. The standard InChI is InChI=1S/C57H62N10O6S/c1-36-39(40-18-20-49(59-52(40)56(71)72)67-27-24-38-10-5-12-41(44(38)35-67)54(69)61-57-58-45-14-3-4-17-48(45)74-57)11-7-16-47(36)73-34-8-9-37-22-25-64(26-23-37)28-29-65-30-32-66(33-31-65)46-15-6-13-42-51(62-63(2)53(42)46)43-19-21-50(68)60-55(43)70/h3-7,10-18,20,37,43H,8-9,19,21-35H2,1-2H3,(H,71,72)(H,58,61,69)(H,60,68,70). The smallest absolute Gasteiger partial charge is 0.355 e. The van der Waals surface area contributed by atoms with Gasteiger partial charge in [-0.25, -0.2) is 14.8 Å². The number of para-hydroxylation sites is 2. The molecule has 0 spiro atoms. The van der Waals surface area contributed by atoms with E-state index in [1.54, 1.807) is 0 Å². The molecule has 4 aliphatic heterocycles. The molecular formula is C57H62N10O6S. The molecule has 3 fully saturated rings. The van der Waals surface area contributed by atoms with Gasteiger partial charge in [0.15, 0.2) is 10.8 Å². The van der Waals surface area contributed by atoms with E-state index >= 15 is 0 Å². The van der Waals surface area contributed by atoms with Gasteiger partial charge in [0.25, 0.3) is 5.91 Å². The average molecular weight is 1020 g/mol. The van der Waals surface area contributed by atoms with Gasteiger partial charge in [0.1, 0.15) is 11.6 Å². The second-order valence-electron chi connectivity index (χ2n) is 20.1. The fraction of sp³-hybridized carbons (Fsp3) is 0.386. The van der Waals surface area contributed by atoms with Crippen LogP contribution in [-0.2, 0) is 29.6 Å². The molecule has 7 heterocycles. The summed E-state index contributed by atoms with van der Waals surface area (Å²) in [7, 11) is 1.94. The fourth-order valence-electron chi connectivity index (χ4n) is 11.5. The maximum atomic E-state index is 13.7. The number of amides is 3. The minimum Gasteiger partial charge on any atom is -0.493 e. The zero-order valence-corrected chi connectivity index (χ0v) is 42.8. The van der Waals surface area contributed by atoms with Gasteiger partial charge in [0.05, 0.1) is 39.6 Å². The number of benzene rings is 4. The van der Waals surface area contributed by atoms with Crippen molar-refractivity contribution in [3.8, 4) is 16.9 Å². The molecule has 7 aromatic rings. The number of aryl methyl sites for hydroxylation is 1. The number of anilines is 3. The van der Waals surface area contributed by atoms with Gasteiger partial charge in [-0.2, -0.15) is 5.10 Å². The van der Waals surface area contributed by atoms with Gasteiger partial charge in [-0.05, 0) is 129 Å². The lowest BCUT2D eigenvalue weighted by Gasteiger charge is -2.38. The number of rotatable bonds is 15. The van der Waals surface area contributed by atoms with Crippen LogP contribution in [0, 0.1) is 12.8 Å². The van der Waals surface area contributed by atoms with Gasteiger partial charge in [-0.3, -0.25) is 34.6 Å². The topological polar surface area (TPSA) is 178 Å². The zero-order valence-electron chi connectivity index (χ0n) is 42.0. The number of piperazine rings is 1. The van der Waals surface area contributed by atoms with Crippen LogP contribution >= 0.6 is 11.3 Å². The number of carbonyl (C=O) groups excluding carboxylic acids is 3. The quantitative estimate of drug-likeness (QED) is 0.0661. The van der Waals surface area contributed by atoms with Gasteiger partial charge >= 0.3 is 5.97 Å². The van der Waals surface area contributed by atoms with E-state index in [2.05, 4.69) is 42.5 Å². The average Bonchev–Trinajstić information content (AvgIpc) is 3.99. The number of carboxylic acid groups (broad SMARTS) is 1. The molecule has 0 radical (unpaired) electrons. The van der Waals surface area contributed by atoms with Crippen molar-refractivity contribution in [1.29, 1.82) is 0 Å². The summed E-state index contributed by atoms with van der Waals surface area (Å²) in [6.45, 7) is 11.8. The maximum absolute atomic E-state index is 13.7. The summed E-state index contributed by atoms with van der Waals surface area (Å²) in [5.74, 6) is -0.262. The van der Waals surface area contributed by atoms with Crippen LogP contribution in [0.3, 0.4) is 0 Å². The molecule has 3 saturated heterocycles. The van der Waals surface area contributed by atoms with Crippen LogP contribution in [0.25, 0.3) is 32.2 Å². The number of hydrogen-bond donors (Lipinski definition) is 3. The number of fused-ring (bicyclic) bond motifs is 3. The summed E-state index contributed by atoms with van der Waals surface area (Å²) < 4.78 is 9.29. The molecular weight excluding hydrogens is 953 g/mol. The number of imide groups is 1. The van der Waals surface area contributed by atoms with Crippen LogP contribution in [0.1, 0.15) is 87.7 Å². The van der Waals surface area contributed by atoms with Crippen molar-refractivity contribution in [3.63, 3.8) is 0 Å². The van der Waals surface area contributed by atoms with Crippen LogP contribution in [0.2, 0.25) is 0 Å². The molecule has 16 nitrogen and oxygen atoms in total. The molecule has 0 saturated carbocycles. The van der Waals surface area contributed by atoms with Crippen LogP contribution in [0.5, 0.6) is 5.75 Å². The predicted octanol–water partition coefficient (Wildman–Crippen LogP) is 8.28. The first-order valence-corrected chi connectivity index (χ1v) is 26.8. The molecule has 3 N–H and O–H groups in total. The van der Waals surface area contributed by atoms with E-state index in [0.717, 1.165) is 126 Å². The zero-order chi connectivity index (χ0) is 50.9. The number of hydrogen-bond acceptors (Lipinski definition) is 13. The highest BCUT2D eigenvalue weighted by Crippen LogP contribution is 2.37. The van der Waals surface area contributed by atoms with Crippen LogP contribution in [-0.4, -0.2) is 124 Å². The number of carboxylic acids is 1. The first-order chi connectivity index (χ1) is 36.0. The summed E-state index contributed by atoms with van der Waals surface area (Å²) >= 11 is 1.44. The third kappa shape index (κ3) is 10.2. The first-order valence-electron chi connectivity index (χ1n) is 26.0. The summed E-state index contributed by atoms with van der Waals surface area (Å²) in [6, 6.07) is 29.4. The highest BCUT2D eigenvalue weighted by atomic mass is 32.1. The Morgan fingerprint density at radius 2 is 1.59 bits per heavy atom. The number of nitrogens with one attached hydrogen (secondary N) is 2. The number of piperidine rings is 2. The van der Waals surface area contributed by atoms with E-state index in [-0.39, 0.29) is 23.4 Å². The molecule has 4 aromatic carbocycles. The van der Waals surface area contributed by atoms with E-state index in [1.807, 2.05) is 102 Å². The monoisotopic (exact) mass is 1010 g/mol. The molecule has 11 rings (SSSR count). The highest BCUT2D eigenvalue weighted by Gasteiger charge is 2.33. The highest BCUT2D eigenvalue weighted by molar-refractivity contribution is 7.22. The van der Waals surface area contributed by atoms with E-state index in [1.165, 1.54) is 24.2 Å². The van der Waals surface area contributed by atoms with Crippen molar-refractivity contribution in [1.82, 2.24) is 34.9 Å². The summed E-state index contributed by atoms with van der Waals surface area (Å²) in [4.78, 5) is 70.0. The number of aromatic carboxylic acids is 1. The summed E-state index contributed by atoms with van der Waals surface area (Å²) in [5, 5.41) is 22.3. The Balaban J connectivity index is 0.639. The Hall–Kier alpha value is -7.21. The molecule has 382 valence electrons. The van der Waals surface area contributed by atoms with Crippen molar-refractivity contribution in [2.45, 2.75) is 64.3 Å². The van der Waals surface area contributed by atoms with Gasteiger partial charge in [-0.15, -0.1) is 0 Å². The van der Waals surface area contributed by atoms with E-state index in [4.69, 9.17) is 14.8 Å². The normalized spacial score (nSPS) is 17.9. The number of ether oxygens (including phenoxy) is 1. The van der Waals surface area contributed by atoms with Gasteiger partial charge < -0.3 is 24.5 Å². The molecule has 1 unspecified atom stereocenters. The maximum Gasteiger partial charge on any atom is 0.355 e. The third-order valence-corrected chi connectivity index (χ3v) is 16.6. The minimum absolute atomic E-state index is 0.0243. The third-order valence-electron chi connectivity index (χ3n) is 15.6. The first kappa shape index (κ1) is 49.0. The number of likely N-dealkylation sites (tertiary alicyclic amines) is 1. The Bertz CT molecular complexity index is 3230. The molecule has 1 atom stereocenters. The second kappa shape index (κ2) is 21.3. The number of aromatic nitrogens is 4. The molecule has 0 bridgehead atoms. The van der Waals surface area contributed by atoms with Crippen molar-refractivity contribution in [3.05, 3.63) is 125 Å². The van der Waals surface area contributed by atoms with Gasteiger partial charge in [0, 0.05) is 82.3 Å². The number of nitrogens with zero attached hydrogens (tertiary/aromatic N) is 8. The molecule has 4 aliphatic rings. The molecule has 74 heavy (non-hydrogen) atoms. The van der Waals surface area contributed by atoms with Crippen molar-refractivity contribution >= 4 is 72.8 Å². The Kier molecular flexibility index (Phi) is 14.1. The SMILES string of the molecule is Cc1c(OCCCC2CCN(CCN3CCN(c4cccc5c(C6CCC(=O)NC6=O)nn(C)c45)CC3)CC2)cccc1-c1ccc(N2CCc3cccc(C(=O)Nc4nc5ccccc5s4)c3C2)nc1C(=O)O. The Labute approximate surface area is 434 Å². The molecule has 3 amide bonds. The summed E-state index contributed by atoms with van der Waals surface area (Å²) in [5.41, 5.74) is 8.48. The fourth-order valence-corrected chi connectivity index (χ4v) is 12.4. The van der Waals surface area contributed by atoms with Gasteiger partial charge in [0.2, 0.25) is 11.8 Å². The predicted molar refractivity (Wildman–Crippen MR) is 289 cm³/mol. The van der Waals surface area contributed by atoms with Crippen LogP contribution in [0.15, 0.2) is 91.0 Å². The lowest BCUT2D eigenvalue weighted by molar-refractivity contribution is -0.134. The van der Waals surface area contributed by atoms with E-state index in [9.17, 15) is 24.3 Å². The number of carbonyl (C=O) groups is 4. The Morgan fingerprint density at radius 3 is 2.39 bits per heavy atom. The molecule has 0 aliphatic carbocycles. The summed E-state index contributed by atoms with van der Waals surface area (Å²) in [6.07, 6.45) is 5.93. The minimum atomic E-state index is -1.11. The second-order valence-corrected chi connectivity index (χ2v) is 21.2. The van der Waals surface area contributed by atoms with E-state index < -0.39 is 11.9 Å². The largest absolute Gasteiger partial charge is 0.493 e. The molecule has 17 heteroatoms. The number of thiazole rings is 1. The lowest BCUT2D eigenvalue weighted by atomic mass is 9.92. The Morgan fingerprint density at radius 1 is 0.811 bits per heavy atom. The molecule has 3 aromatic heterocycles.